The summed E-state index contributed by atoms with van der Waals surface area (Å²) in [5.74, 6) is -0.111. The number of hydrogen-bond acceptors (Lipinski definition) is 3. The van der Waals surface area contributed by atoms with Gasteiger partial charge < -0.3 is 14.7 Å². The van der Waals surface area contributed by atoms with E-state index in [4.69, 9.17) is 4.74 Å². The van der Waals surface area contributed by atoms with Crippen LogP contribution < -0.4 is 4.74 Å². The van der Waals surface area contributed by atoms with Crippen molar-refractivity contribution >= 4 is 5.91 Å². The fraction of sp³-hybridized carbons (Fsp3) is 0.278. The van der Waals surface area contributed by atoms with Crippen LogP contribution in [-0.2, 0) is 17.8 Å². The predicted molar refractivity (Wildman–Crippen MR) is 83.5 cm³/mol. The van der Waals surface area contributed by atoms with Crippen molar-refractivity contribution in [1.29, 1.82) is 0 Å². The lowest BCUT2D eigenvalue weighted by Gasteiger charge is -2.30. The number of benzene rings is 2. The lowest BCUT2D eigenvalue weighted by atomic mass is 9.98. The number of aliphatic hydroxyl groups is 1. The van der Waals surface area contributed by atoms with Gasteiger partial charge in [0.05, 0.1) is 7.11 Å². The largest absolute Gasteiger partial charge is 0.497 e. The van der Waals surface area contributed by atoms with Crippen molar-refractivity contribution in [3.8, 4) is 5.75 Å². The van der Waals surface area contributed by atoms with Gasteiger partial charge in [-0.3, -0.25) is 4.79 Å². The van der Waals surface area contributed by atoms with E-state index >= 15 is 0 Å². The van der Waals surface area contributed by atoms with Crippen molar-refractivity contribution in [3.05, 3.63) is 65.0 Å². The maximum Gasteiger partial charge on any atom is 0.256 e. The van der Waals surface area contributed by atoms with Gasteiger partial charge >= 0.3 is 0 Å². The van der Waals surface area contributed by atoms with E-state index in [1.54, 1.807) is 35.2 Å². The van der Waals surface area contributed by atoms with E-state index in [1.807, 2.05) is 0 Å². The highest BCUT2D eigenvalue weighted by Crippen LogP contribution is 2.25. The standard InChI is InChI=1S/C18H18FNO3/c1-23-16-4-2-3-13(10-16)17(21)18(22)20-8-7-12-5-6-15(19)9-14(12)11-20/h2-6,9-10,17,21H,7-8,11H2,1H3. The maximum absolute atomic E-state index is 13.4. The minimum atomic E-state index is -1.25. The number of ether oxygens (including phenoxy) is 1. The van der Waals surface area contributed by atoms with E-state index in [1.165, 1.54) is 19.2 Å². The normalized spacial score (nSPS) is 15.0. The molecule has 0 fully saturated rings. The molecule has 4 nitrogen and oxygen atoms in total. The number of halogens is 1. The van der Waals surface area contributed by atoms with Gasteiger partial charge in [0, 0.05) is 13.1 Å². The summed E-state index contributed by atoms with van der Waals surface area (Å²) < 4.78 is 18.5. The van der Waals surface area contributed by atoms with Crippen molar-refractivity contribution in [3.63, 3.8) is 0 Å². The molecule has 0 saturated heterocycles. The Balaban J connectivity index is 1.78. The second-order valence-corrected chi connectivity index (χ2v) is 5.60. The van der Waals surface area contributed by atoms with Crippen molar-refractivity contribution in [2.24, 2.45) is 0 Å². The topological polar surface area (TPSA) is 49.8 Å². The van der Waals surface area contributed by atoms with Gasteiger partial charge in [0.15, 0.2) is 6.10 Å². The molecule has 1 heterocycles. The molecule has 120 valence electrons. The van der Waals surface area contributed by atoms with Crippen LogP contribution in [0.25, 0.3) is 0 Å². The number of methoxy groups -OCH3 is 1. The fourth-order valence-electron chi connectivity index (χ4n) is 2.84. The fourth-order valence-corrected chi connectivity index (χ4v) is 2.84. The van der Waals surface area contributed by atoms with Crippen LogP contribution in [0.15, 0.2) is 42.5 Å². The van der Waals surface area contributed by atoms with Gasteiger partial charge in [0.2, 0.25) is 0 Å². The third-order valence-corrected chi connectivity index (χ3v) is 4.14. The van der Waals surface area contributed by atoms with Crippen molar-refractivity contribution in [2.75, 3.05) is 13.7 Å². The lowest BCUT2D eigenvalue weighted by Crippen LogP contribution is -2.39. The molecular weight excluding hydrogens is 297 g/mol. The van der Waals surface area contributed by atoms with E-state index in [9.17, 15) is 14.3 Å². The Morgan fingerprint density at radius 3 is 2.87 bits per heavy atom. The first-order chi connectivity index (χ1) is 11.1. The SMILES string of the molecule is COc1cccc(C(O)C(=O)N2CCc3ccc(F)cc3C2)c1. The van der Waals surface area contributed by atoms with Crippen LogP contribution in [0, 0.1) is 5.82 Å². The molecule has 1 amide bonds. The molecule has 2 aromatic carbocycles. The maximum atomic E-state index is 13.4. The van der Waals surface area contributed by atoms with Crippen LogP contribution in [0.1, 0.15) is 22.8 Å². The van der Waals surface area contributed by atoms with Crippen LogP contribution in [0.2, 0.25) is 0 Å². The highest BCUT2D eigenvalue weighted by atomic mass is 19.1. The Morgan fingerprint density at radius 2 is 2.09 bits per heavy atom. The molecule has 3 rings (SSSR count). The minimum absolute atomic E-state index is 0.312. The van der Waals surface area contributed by atoms with Gasteiger partial charge in [-0.15, -0.1) is 0 Å². The zero-order chi connectivity index (χ0) is 16.4. The molecule has 0 aromatic heterocycles. The highest BCUT2D eigenvalue weighted by molar-refractivity contribution is 5.82. The van der Waals surface area contributed by atoms with E-state index in [2.05, 4.69) is 0 Å². The summed E-state index contributed by atoms with van der Waals surface area (Å²) in [7, 11) is 1.53. The number of amides is 1. The van der Waals surface area contributed by atoms with Crippen LogP contribution in [0.3, 0.4) is 0 Å². The smallest absolute Gasteiger partial charge is 0.256 e. The zero-order valence-corrected chi connectivity index (χ0v) is 12.8. The zero-order valence-electron chi connectivity index (χ0n) is 12.8. The lowest BCUT2D eigenvalue weighted by molar-refractivity contribution is -0.141. The predicted octanol–water partition coefficient (Wildman–Crippen LogP) is 2.45. The number of carbonyl (C=O) groups is 1. The second kappa shape index (κ2) is 6.38. The average Bonchev–Trinajstić information content (AvgIpc) is 2.59. The third-order valence-electron chi connectivity index (χ3n) is 4.14. The molecule has 1 unspecified atom stereocenters. The van der Waals surface area contributed by atoms with Crippen LogP contribution >= 0.6 is 0 Å². The number of aliphatic hydroxyl groups excluding tert-OH is 1. The average molecular weight is 315 g/mol. The first-order valence-electron chi connectivity index (χ1n) is 7.46. The van der Waals surface area contributed by atoms with Crippen molar-refractivity contribution in [1.82, 2.24) is 4.90 Å². The second-order valence-electron chi connectivity index (χ2n) is 5.60. The summed E-state index contributed by atoms with van der Waals surface area (Å²) in [6, 6.07) is 11.4. The molecule has 1 N–H and O–H groups in total. The molecule has 1 aliphatic heterocycles. The van der Waals surface area contributed by atoms with E-state index in [0.29, 0.717) is 30.8 Å². The Hall–Kier alpha value is -2.40. The molecule has 1 aliphatic rings. The number of carbonyl (C=O) groups excluding carboxylic acids is 1. The number of rotatable bonds is 3. The Bertz CT molecular complexity index is 732. The third kappa shape index (κ3) is 3.19. The number of fused-ring (bicyclic) bond motifs is 1. The van der Waals surface area contributed by atoms with Gasteiger partial charge in [-0.1, -0.05) is 18.2 Å². The number of nitrogens with zero attached hydrogens (tertiary/aromatic N) is 1. The van der Waals surface area contributed by atoms with Crippen molar-refractivity contribution < 1.29 is 19.0 Å². The molecule has 2 aromatic rings. The first-order valence-corrected chi connectivity index (χ1v) is 7.46. The van der Waals surface area contributed by atoms with E-state index in [-0.39, 0.29) is 11.7 Å². The molecular formula is C18H18FNO3. The van der Waals surface area contributed by atoms with Crippen LogP contribution in [0.4, 0.5) is 4.39 Å². The monoisotopic (exact) mass is 315 g/mol. The summed E-state index contributed by atoms with van der Waals surface area (Å²) in [6.07, 6.45) is -0.591. The molecule has 0 radical (unpaired) electrons. The van der Waals surface area contributed by atoms with Gasteiger partial charge in [0.1, 0.15) is 11.6 Å². The Labute approximate surface area is 134 Å². The summed E-state index contributed by atoms with van der Waals surface area (Å²) in [5.41, 5.74) is 2.33. The summed E-state index contributed by atoms with van der Waals surface area (Å²) in [4.78, 5) is 14.1. The molecule has 0 spiro atoms. The highest BCUT2D eigenvalue weighted by Gasteiger charge is 2.27. The summed E-state index contributed by atoms with van der Waals surface area (Å²) >= 11 is 0. The Kier molecular flexibility index (Phi) is 4.30. The molecule has 0 bridgehead atoms. The summed E-state index contributed by atoms with van der Waals surface area (Å²) in [6.45, 7) is 0.825. The Morgan fingerprint density at radius 1 is 1.26 bits per heavy atom. The molecule has 23 heavy (non-hydrogen) atoms. The number of hydrogen-bond donors (Lipinski definition) is 1. The molecule has 0 saturated carbocycles. The summed E-state index contributed by atoms with van der Waals surface area (Å²) in [5, 5.41) is 10.3. The van der Waals surface area contributed by atoms with Crippen LogP contribution in [-0.4, -0.2) is 29.6 Å². The van der Waals surface area contributed by atoms with E-state index < -0.39 is 6.10 Å². The van der Waals surface area contributed by atoms with Gasteiger partial charge in [-0.05, 0) is 47.4 Å². The first kappa shape index (κ1) is 15.5. The van der Waals surface area contributed by atoms with Gasteiger partial charge in [0.25, 0.3) is 5.91 Å². The van der Waals surface area contributed by atoms with Crippen LogP contribution in [0.5, 0.6) is 5.75 Å². The van der Waals surface area contributed by atoms with Gasteiger partial charge in [-0.25, -0.2) is 4.39 Å². The van der Waals surface area contributed by atoms with Gasteiger partial charge in [-0.2, -0.15) is 0 Å². The molecule has 0 aliphatic carbocycles. The molecule has 5 heteroatoms. The van der Waals surface area contributed by atoms with E-state index in [0.717, 1.165) is 11.1 Å². The molecule has 1 atom stereocenters. The quantitative estimate of drug-likeness (QED) is 0.946. The minimum Gasteiger partial charge on any atom is -0.497 e. The van der Waals surface area contributed by atoms with Crippen molar-refractivity contribution in [2.45, 2.75) is 19.1 Å².